The van der Waals surface area contributed by atoms with Gasteiger partial charge in [0.1, 0.15) is 0 Å². The first kappa shape index (κ1) is 22.9. The van der Waals surface area contributed by atoms with E-state index in [-0.39, 0.29) is 18.8 Å². The second-order valence-electron chi connectivity index (χ2n) is 8.61. The van der Waals surface area contributed by atoms with Gasteiger partial charge in [-0.25, -0.2) is 0 Å². The molecular formula is C26H34F3N. The molecule has 0 aliphatic heterocycles. The van der Waals surface area contributed by atoms with E-state index in [1.54, 1.807) is 0 Å². The summed E-state index contributed by atoms with van der Waals surface area (Å²) in [5, 5.41) is 0. The minimum absolute atomic E-state index is 0.270. The van der Waals surface area contributed by atoms with E-state index < -0.39 is 12.1 Å². The lowest BCUT2D eigenvalue weighted by atomic mass is 9.78. The highest BCUT2D eigenvalue weighted by molar-refractivity contribution is 5.26. The number of nitrogens with zero attached hydrogens (tertiary/aromatic N) is 1. The molecule has 4 heteroatoms. The third-order valence-corrected chi connectivity index (χ3v) is 6.59. The van der Waals surface area contributed by atoms with Crippen molar-refractivity contribution in [2.24, 2.45) is 5.92 Å². The van der Waals surface area contributed by atoms with Crippen molar-refractivity contribution in [1.82, 2.24) is 4.90 Å². The molecule has 0 heterocycles. The molecule has 1 aliphatic carbocycles. The summed E-state index contributed by atoms with van der Waals surface area (Å²) in [5.74, 6) is -0.817. The van der Waals surface area contributed by atoms with Gasteiger partial charge in [-0.15, -0.1) is 0 Å². The fourth-order valence-electron chi connectivity index (χ4n) is 4.58. The van der Waals surface area contributed by atoms with Crippen LogP contribution in [0.4, 0.5) is 13.2 Å². The predicted molar refractivity (Wildman–Crippen MR) is 118 cm³/mol. The van der Waals surface area contributed by atoms with Crippen molar-refractivity contribution in [1.29, 1.82) is 0 Å². The Kier molecular flexibility index (Phi) is 8.38. The van der Waals surface area contributed by atoms with E-state index in [2.05, 4.69) is 66.4 Å². The lowest BCUT2D eigenvalue weighted by Gasteiger charge is -2.30. The van der Waals surface area contributed by atoms with Crippen LogP contribution in [0.3, 0.4) is 0 Å². The molecule has 30 heavy (non-hydrogen) atoms. The molecule has 164 valence electrons. The van der Waals surface area contributed by atoms with Crippen LogP contribution in [-0.2, 0) is 12.8 Å². The van der Waals surface area contributed by atoms with Gasteiger partial charge in [0.15, 0.2) is 0 Å². The summed E-state index contributed by atoms with van der Waals surface area (Å²) in [5.41, 5.74) is 3.91. The maximum atomic E-state index is 12.9. The monoisotopic (exact) mass is 417 g/mol. The molecule has 1 aliphatic rings. The molecule has 1 saturated carbocycles. The number of alkyl halides is 3. The molecule has 2 aromatic rings. The van der Waals surface area contributed by atoms with Crippen LogP contribution >= 0.6 is 0 Å². The molecule has 0 radical (unpaired) electrons. The highest BCUT2D eigenvalue weighted by atomic mass is 19.4. The molecule has 1 nitrogen and oxygen atoms in total. The normalized spacial score (nSPS) is 19.9. The molecule has 0 bridgehead atoms. The number of hydrogen-bond donors (Lipinski definition) is 0. The number of benzene rings is 2. The number of rotatable bonds is 9. The van der Waals surface area contributed by atoms with Crippen LogP contribution in [0.25, 0.3) is 0 Å². The summed E-state index contributed by atoms with van der Waals surface area (Å²) in [6.07, 6.45) is 1.06. The molecule has 2 aromatic carbocycles. The summed E-state index contributed by atoms with van der Waals surface area (Å²) in [7, 11) is 0. The van der Waals surface area contributed by atoms with E-state index in [1.807, 2.05) is 0 Å². The molecule has 0 saturated heterocycles. The van der Waals surface area contributed by atoms with Crippen molar-refractivity contribution in [3.63, 3.8) is 0 Å². The summed E-state index contributed by atoms with van der Waals surface area (Å²) < 4.78 is 38.6. The Morgan fingerprint density at radius 2 is 1.43 bits per heavy atom. The second kappa shape index (κ2) is 11.0. The van der Waals surface area contributed by atoms with Gasteiger partial charge in [0.05, 0.1) is 5.92 Å². The van der Waals surface area contributed by atoms with Crippen molar-refractivity contribution in [2.45, 2.75) is 64.0 Å². The van der Waals surface area contributed by atoms with Crippen LogP contribution in [0.15, 0.2) is 54.6 Å². The fourth-order valence-corrected chi connectivity index (χ4v) is 4.58. The molecular weight excluding hydrogens is 383 g/mol. The molecule has 0 spiro atoms. The number of halogens is 3. The second-order valence-corrected chi connectivity index (χ2v) is 8.61. The summed E-state index contributed by atoms with van der Waals surface area (Å²) in [6.45, 7) is 5.45. The number of likely N-dealkylation sites (N-methyl/N-ethyl adjacent to an activating group) is 1. The Labute approximate surface area is 179 Å². The van der Waals surface area contributed by atoms with Gasteiger partial charge in [0.25, 0.3) is 0 Å². The first-order valence-corrected chi connectivity index (χ1v) is 11.4. The van der Waals surface area contributed by atoms with E-state index >= 15 is 0 Å². The van der Waals surface area contributed by atoms with E-state index in [9.17, 15) is 13.2 Å². The molecule has 0 unspecified atom stereocenters. The fraction of sp³-hybridized carbons (Fsp3) is 0.538. The third-order valence-electron chi connectivity index (χ3n) is 6.59. The van der Waals surface area contributed by atoms with Crippen molar-refractivity contribution in [3.05, 3.63) is 71.3 Å². The minimum Gasteiger partial charge on any atom is -0.303 e. The maximum Gasteiger partial charge on any atom is 0.391 e. The first-order valence-electron chi connectivity index (χ1n) is 11.4. The minimum atomic E-state index is -4.03. The number of hydrogen-bond acceptors (Lipinski definition) is 1. The first-order chi connectivity index (χ1) is 14.5. The van der Waals surface area contributed by atoms with E-state index in [1.165, 1.54) is 16.7 Å². The van der Waals surface area contributed by atoms with Gasteiger partial charge in [-0.05, 0) is 80.6 Å². The van der Waals surface area contributed by atoms with Crippen LogP contribution in [-0.4, -0.2) is 30.7 Å². The largest absolute Gasteiger partial charge is 0.391 e. The van der Waals surface area contributed by atoms with Gasteiger partial charge in [-0.1, -0.05) is 61.5 Å². The third kappa shape index (κ3) is 6.87. The molecule has 1 fully saturated rings. The van der Waals surface area contributed by atoms with Crippen molar-refractivity contribution in [2.75, 3.05) is 19.6 Å². The topological polar surface area (TPSA) is 3.24 Å². The maximum absolute atomic E-state index is 12.9. The number of aryl methyl sites for hydroxylation is 1. The van der Waals surface area contributed by atoms with Gasteiger partial charge in [-0.3, -0.25) is 0 Å². The van der Waals surface area contributed by atoms with Gasteiger partial charge < -0.3 is 4.90 Å². The lowest BCUT2D eigenvalue weighted by Crippen LogP contribution is -2.27. The van der Waals surface area contributed by atoms with Gasteiger partial charge in [0.2, 0.25) is 0 Å². The Bertz CT molecular complexity index is 731. The molecule has 0 aromatic heterocycles. The summed E-state index contributed by atoms with van der Waals surface area (Å²) >= 11 is 0. The SMILES string of the molecule is CCN(CCCc1ccc(C2CCC(C(F)(F)F)CC2)cc1)CCc1ccccc1. The summed E-state index contributed by atoms with van der Waals surface area (Å²) in [4.78, 5) is 2.50. The Morgan fingerprint density at radius 3 is 2.03 bits per heavy atom. The zero-order valence-electron chi connectivity index (χ0n) is 18.0. The Balaban J connectivity index is 1.40. The summed E-state index contributed by atoms with van der Waals surface area (Å²) in [6, 6.07) is 19.2. The van der Waals surface area contributed by atoms with Crippen molar-refractivity contribution < 1.29 is 13.2 Å². The van der Waals surface area contributed by atoms with Gasteiger partial charge >= 0.3 is 6.18 Å². The lowest BCUT2D eigenvalue weighted by molar-refractivity contribution is -0.182. The van der Waals surface area contributed by atoms with Crippen molar-refractivity contribution in [3.8, 4) is 0 Å². The molecule has 0 amide bonds. The van der Waals surface area contributed by atoms with E-state index in [0.29, 0.717) is 12.8 Å². The van der Waals surface area contributed by atoms with Gasteiger partial charge in [-0.2, -0.15) is 13.2 Å². The van der Waals surface area contributed by atoms with Crippen LogP contribution in [0, 0.1) is 5.92 Å². The highest BCUT2D eigenvalue weighted by Crippen LogP contribution is 2.42. The smallest absolute Gasteiger partial charge is 0.303 e. The zero-order chi connectivity index (χ0) is 21.4. The molecule has 3 rings (SSSR count). The average molecular weight is 418 g/mol. The van der Waals surface area contributed by atoms with Crippen LogP contribution in [0.5, 0.6) is 0 Å². The average Bonchev–Trinajstić information content (AvgIpc) is 2.77. The zero-order valence-corrected chi connectivity index (χ0v) is 18.0. The Morgan fingerprint density at radius 1 is 0.800 bits per heavy atom. The molecule has 0 atom stereocenters. The predicted octanol–water partition coefficient (Wildman–Crippen LogP) is 7.02. The van der Waals surface area contributed by atoms with Gasteiger partial charge in [0, 0.05) is 6.54 Å². The Hall–Kier alpha value is -1.81. The highest BCUT2D eigenvalue weighted by Gasteiger charge is 2.41. The quantitative estimate of drug-likeness (QED) is 0.424. The molecule has 0 N–H and O–H groups in total. The van der Waals surface area contributed by atoms with E-state index in [4.69, 9.17) is 0 Å². The van der Waals surface area contributed by atoms with Crippen LogP contribution in [0.2, 0.25) is 0 Å². The van der Waals surface area contributed by atoms with Crippen LogP contribution < -0.4 is 0 Å². The van der Waals surface area contributed by atoms with Crippen molar-refractivity contribution >= 4 is 0 Å². The standard InChI is InChI=1S/C26H34F3N/c1-2-30(20-18-21-7-4-3-5-8-21)19-6-9-22-10-12-23(13-11-22)24-14-16-25(17-15-24)26(27,28)29/h3-5,7-8,10-13,24-25H,2,6,9,14-20H2,1H3. The van der Waals surface area contributed by atoms with Crippen LogP contribution in [0.1, 0.15) is 61.6 Å². The van der Waals surface area contributed by atoms with E-state index in [0.717, 1.165) is 38.9 Å².